The Morgan fingerprint density at radius 1 is 1.37 bits per heavy atom. The predicted octanol–water partition coefficient (Wildman–Crippen LogP) is 3.13. The Hall–Kier alpha value is -1.40. The fourth-order valence-electron chi connectivity index (χ4n) is 1.93. The summed E-state index contributed by atoms with van der Waals surface area (Å²) in [6.07, 6.45) is 1.13. The summed E-state index contributed by atoms with van der Waals surface area (Å²) in [5.41, 5.74) is 2.53. The van der Waals surface area contributed by atoms with E-state index in [1.807, 2.05) is 0 Å². The van der Waals surface area contributed by atoms with Gasteiger partial charge in [0, 0.05) is 10.9 Å². The molecule has 0 aliphatic rings. The molecule has 0 saturated carbocycles. The maximum atomic E-state index is 5.44. The molecule has 104 valence electrons. The summed E-state index contributed by atoms with van der Waals surface area (Å²) >= 11 is 1.65. The molecule has 0 fully saturated rings. The smallest absolute Gasteiger partial charge is 0.240 e. The van der Waals surface area contributed by atoms with E-state index in [1.54, 1.807) is 11.3 Å². The monoisotopic (exact) mass is 279 g/mol. The van der Waals surface area contributed by atoms with Crippen LogP contribution in [0.3, 0.4) is 0 Å². The normalized spacial score (nSPS) is 14.4. The molecule has 4 N–H and O–H groups in total. The molecule has 6 heteroatoms. The predicted molar refractivity (Wildman–Crippen MR) is 82.5 cm³/mol. The maximum absolute atomic E-state index is 5.44. The summed E-state index contributed by atoms with van der Waals surface area (Å²) in [7, 11) is 0. The number of nitrogen functional groups attached to an aromatic ring is 1. The molecule has 0 spiro atoms. The van der Waals surface area contributed by atoms with Crippen LogP contribution in [0.25, 0.3) is 10.2 Å². The van der Waals surface area contributed by atoms with Crippen LogP contribution in [0.1, 0.15) is 32.1 Å². The lowest BCUT2D eigenvalue weighted by Crippen LogP contribution is -2.24. The number of aromatic nitrogens is 2. The number of nitrogens with one attached hydrogen (secondary N) is 2. The standard InChI is InChI=1S/C13H21N5S/c1-5-7(2)9(4)15-11-10-6-8(3)19-12(10)17-13(16-11)18-14/h6-7,9H,5,14H2,1-4H3,(H2,15,16,17,18). The van der Waals surface area contributed by atoms with Crippen LogP contribution in [0, 0.1) is 12.8 Å². The van der Waals surface area contributed by atoms with Crippen LogP contribution in [0.15, 0.2) is 6.07 Å². The molecule has 0 saturated heterocycles. The molecule has 19 heavy (non-hydrogen) atoms. The minimum Gasteiger partial charge on any atom is -0.367 e. The average molecular weight is 279 g/mol. The SMILES string of the molecule is CCC(C)C(C)Nc1nc(NN)nc2sc(C)cc12. The third-order valence-corrected chi connectivity index (χ3v) is 4.45. The zero-order valence-corrected chi connectivity index (χ0v) is 12.6. The van der Waals surface area contributed by atoms with E-state index in [1.165, 1.54) is 4.88 Å². The van der Waals surface area contributed by atoms with Crippen LogP contribution in [0.4, 0.5) is 11.8 Å². The Bertz CT molecular complexity index is 565. The van der Waals surface area contributed by atoms with Gasteiger partial charge in [0.05, 0.1) is 5.39 Å². The van der Waals surface area contributed by atoms with E-state index in [9.17, 15) is 0 Å². The molecule has 2 rings (SSSR count). The first-order chi connectivity index (χ1) is 9.05. The molecular formula is C13H21N5S. The fraction of sp³-hybridized carbons (Fsp3) is 0.538. The number of fused-ring (bicyclic) bond motifs is 1. The van der Waals surface area contributed by atoms with Crippen molar-refractivity contribution in [3.8, 4) is 0 Å². The van der Waals surface area contributed by atoms with Gasteiger partial charge in [0.25, 0.3) is 0 Å². The summed E-state index contributed by atoms with van der Waals surface area (Å²) in [4.78, 5) is 11.0. The molecule has 0 amide bonds. The van der Waals surface area contributed by atoms with E-state index in [-0.39, 0.29) is 0 Å². The molecule has 0 aromatic carbocycles. The van der Waals surface area contributed by atoms with E-state index < -0.39 is 0 Å². The molecule has 2 atom stereocenters. The molecule has 0 bridgehead atoms. The number of aryl methyl sites for hydroxylation is 1. The van der Waals surface area contributed by atoms with Gasteiger partial charge in [-0.3, -0.25) is 5.43 Å². The Labute approximate surface area is 117 Å². The number of rotatable bonds is 5. The topological polar surface area (TPSA) is 75.9 Å². The Morgan fingerprint density at radius 3 is 2.74 bits per heavy atom. The second-order valence-electron chi connectivity index (χ2n) is 4.93. The van der Waals surface area contributed by atoms with Crippen molar-refractivity contribution in [3.63, 3.8) is 0 Å². The molecule has 0 aliphatic heterocycles. The van der Waals surface area contributed by atoms with E-state index >= 15 is 0 Å². The summed E-state index contributed by atoms with van der Waals surface area (Å²) in [6, 6.07) is 2.47. The van der Waals surface area contributed by atoms with Gasteiger partial charge in [0.15, 0.2) is 0 Å². The quantitative estimate of drug-likeness (QED) is 0.579. The minimum absolute atomic E-state index is 0.355. The lowest BCUT2D eigenvalue weighted by Gasteiger charge is -2.21. The van der Waals surface area contributed by atoms with Crippen LogP contribution in [0.2, 0.25) is 0 Å². The molecular weight excluding hydrogens is 258 g/mol. The van der Waals surface area contributed by atoms with Crippen molar-refractivity contribution in [2.24, 2.45) is 11.8 Å². The highest BCUT2D eigenvalue weighted by molar-refractivity contribution is 7.18. The highest BCUT2D eigenvalue weighted by Crippen LogP contribution is 2.30. The number of nitrogens with zero attached hydrogens (tertiary/aromatic N) is 2. The van der Waals surface area contributed by atoms with Gasteiger partial charge in [-0.2, -0.15) is 4.98 Å². The Balaban J connectivity index is 2.40. The first-order valence-corrected chi connectivity index (χ1v) is 7.38. The zero-order chi connectivity index (χ0) is 14.0. The summed E-state index contributed by atoms with van der Waals surface area (Å²) in [5.74, 6) is 7.33. The number of hydrogen-bond donors (Lipinski definition) is 3. The van der Waals surface area contributed by atoms with Gasteiger partial charge in [-0.25, -0.2) is 10.8 Å². The van der Waals surface area contributed by atoms with Crippen LogP contribution in [0.5, 0.6) is 0 Å². The van der Waals surface area contributed by atoms with Crippen molar-refractivity contribution in [2.75, 3.05) is 10.7 Å². The second-order valence-corrected chi connectivity index (χ2v) is 6.17. The molecule has 0 aliphatic carbocycles. The maximum Gasteiger partial charge on any atom is 0.240 e. The average Bonchev–Trinajstić information content (AvgIpc) is 2.77. The number of thiophene rings is 1. The largest absolute Gasteiger partial charge is 0.367 e. The first kappa shape index (κ1) is 14.0. The van der Waals surface area contributed by atoms with Crippen molar-refractivity contribution < 1.29 is 0 Å². The Morgan fingerprint density at radius 2 is 2.11 bits per heavy atom. The first-order valence-electron chi connectivity index (χ1n) is 6.56. The highest BCUT2D eigenvalue weighted by atomic mass is 32.1. The third kappa shape index (κ3) is 2.96. The van der Waals surface area contributed by atoms with Gasteiger partial charge >= 0.3 is 0 Å². The van der Waals surface area contributed by atoms with Crippen LogP contribution >= 0.6 is 11.3 Å². The summed E-state index contributed by atoms with van der Waals surface area (Å²) in [6.45, 7) is 8.68. The lowest BCUT2D eigenvalue weighted by atomic mass is 10.0. The van der Waals surface area contributed by atoms with Crippen molar-refractivity contribution in [1.82, 2.24) is 9.97 Å². The second kappa shape index (κ2) is 5.71. The van der Waals surface area contributed by atoms with E-state index in [4.69, 9.17) is 5.84 Å². The van der Waals surface area contributed by atoms with Gasteiger partial charge in [-0.1, -0.05) is 20.3 Å². The van der Waals surface area contributed by atoms with Crippen LogP contribution in [-0.4, -0.2) is 16.0 Å². The van der Waals surface area contributed by atoms with Gasteiger partial charge in [-0.15, -0.1) is 11.3 Å². The van der Waals surface area contributed by atoms with Crippen LogP contribution < -0.4 is 16.6 Å². The number of nitrogens with two attached hydrogens (primary N) is 1. The molecule has 2 unspecified atom stereocenters. The van der Waals surface area contributed by atoms with Crippen molar-refractivity contribution >= 4 is 33.3 Å². The van der Waals surface area contributed by atoms with Crippen molar-refractivity contribution in [2.45, 2.75) is 40.2 Å². The summed E-state index contributed by atoms with van der Waals surface area (Å²) in [5, 5.41) is 4.55. The van der Waals surface area contributed by atoms with E-state index in [0.717, 1.165) is 22.5 Å². The Kier molecular flexibility index (Phi) is 4.21. The number of hydrogen-bond acceptors (Lipinski definition) is 6. The van der Waals surface area contributed by atoms with Crippen LogP contribution in [-0.2, 0) is 0 Å². The van der Waals surface area contributed by atoms with Gasteiger partial charge in [-0.05, 0) is 25.8 Å². The van der Waals surface area contributed by atoms with Gasteiger partial charge in [0.2, 0.25) is 5.95 Å². The fourth-order valence-corrected chi connectivity index (χ4v) is 2.81. The molecule has 5 nitrogen and oxygen atoms in total. The molecule has 2 heterocycles. The molecule has 2 aromatic heterocycles. The third-order valence-electron chi connectivity index (χ3n) is 3.51. The van der Waals surface area contributed by atoms with Crippen molar-refractivity contribution in [1.29, 1.82) is 0 Å². The lowest BCUT2D eigenvalue weighted by molar-refractivity contribution is 0.494. The van der Waals surface area contributed by atoms with E-state index in [0.29, 0.717) is 17.9 Å². The van der Waals surface area contributed by atoms with Crippen molar-refractivity contribution in [3.05, 3.63) is 10.9 Å². The van der Waals surface area contributed by atoms with Gasteiger partial charge in [0.1, 0.15) is 10.6 Å². The summed E-state index contributed by atoms with van der Waals surface area (Å²) < 4.78 is 0. The van der Waals surface area contributed by atoms with E-state index in [2.05, 4.69) is 54.5 Å². The zero-order valence-electron chi connectivity index (χ0n) is 11.8. The minimum atomic E-state index is 0.355. The number of hydrazine groups is 1. The molecule has 0 radical (unpaired) electrons. The highest BCUT2D eigenvalue weighted by Gasteiger charge is 2.15. The van der Waals surface area contributed by atoms with Gasteiger partial charge < -0.3 is 5.32 Å². The molecule has 2 aromatic rings. The number of anilines is 2.